The van der Waals surface area contributed by atoms with Crippen LogP contribution >= 0.6 is 0 Å². The third kappa shape index (κ3) is 3.67. The molecule has 0 saturated carbocycles. The number of carbonyl (C=O) groups excluding carboxylic acids is 1. The molecule has 34 heavy (non-hydrogen) atoms. The lowest BCUT2D eigenvalue weighted by Gasteiger charge is -2.28. The molecule has 1 amide bonds. The first-order valence-corrected chi connectivity index (χ1v) is 11.4. The van der Waals surface area contributed by atoms with E-state index in [0.29, 0.717) is 12.2 Å². The van der Waals surface area contributed by atoms with Gasteiger partial charge in [0, 0.05) is 46.7 Å². The summed E-state index contributed by atoms with van der Waals surface area (Å²) in [4.78, 5) is 24.0. The predicted octanol–water partition coefficient (Wildman–Crippen LogP) is 3.45. The molecule has 4 heterocycles. The average molecular weight is 460 g/mol. The second-order valence-electron chi connectivity index (χ2n) is 9.22. The second kappa shape index (κ2) is 8.49. The molecule has 0 fully saturated rings. The molecule has 1 unspecified atom stereocenters. The molecule has 0 radical (unpaired) electrons. The maximum atomic E-state index is 12.0. The molecule has 1 aliphatic rings. The Labute approximate surface area is 197 Å². The maximum absolute atomic E-state index is 12.0. The van der Waals surface area contributed by atoms with E-state index < -0.39 is 12.1 Å². The molecule has 1 aliphatic heterocycles. The molecule has 0 bridgehead atoms. The number of fused-ring (bicyclic) bond motifs is 2. The number of aromatic nitrogens is 4. The van der Waals surface area contributed by atoms with Crippen molar-refractivity contribution >= 4 is 27.8 Å². The Bertz CT molecular complexity index is 1400. The van der Waals surface area contributed by atoms with E-state index in [9.17, 15) is 4.79 Å². The van der Waals surface area contributed by atoms with Crippen molar-refractivity contribution in [1.29, 1.82) is 0 Å². The van der Waals surface area contributed by atoms with Crippen molar-refractivity contribution in [3.05, 3.63) is 59.7 Å². The molecular weight excluding hydrogens is 430 g/mol. The normalized spacial score (nSPS) is 16.1. The van der Waals surface area contributed by atoms with Crippen molar-refractivity contribution in [3.63, 3.8) is 0 Å². The molecule has 4 N–H and O–H groups in total. The van der Waals surface area contributed by atoms with E-state index in [1.807, 2.05) is 37.3 Å². The van der Waals surface area contributed by atoms with Gasteiger partial charge in [-0.2, -0.15) is 5.10 Å². The first-order valence-electron chi connectivity index (χ1n) is 11.4. The first-order chi connectivity index (χ1) is 16.3. The molecule has 0 aliphatic carbocycles. The molecule has 176 valence electrons. The van der Waals surface area contributed by atoms with Crippen LogP contribution in [0.1, 0.15) is 37.1 Å². The molecular formula is C25H29N7O2. The maximum Gasteiger partial charge on any atom is 0.268 e. The SMILES string of the molecule is CC(C)c1c(-c2ccnc3[nH]ncc23)[nH]c2ccc(C3OC=C(C(N)=O)N3CCN(C)C)cc12. The number of hydrogen-bond donors (Lipinski definition) is 3. The molecule has 5 rings (SSSR count). The van der Waals surface area contributed by atoms with Gasteiger partial charge in [0.05, 0.1) is 11.9 Å². The largest absolute Gasteiger partial charge is 0.471 e. The van der Waals surface area contributed by atoms with Gasteiger partial charge in [0.2, 0.25) is 0 Å². The number of nitrogens with zero attached hydrogens (tertiary/aromatic N) is 4. The highest BCUT2D eigenvalue weighted by atomic mass is 16.5. The van der Waals surface area contributed by atoms with Gasteiger partial charge in [-0.3, -0.25) is 9.89 Å². The second-order valence-corrected chi connectivity index (χ2v) is 9.22. The van der Waals surface area contributed by atoms with Crippen molar-refractivity contribution in [2.24, 2.45) is 5.73 Å². The van der Waals surface area contributed by atoms with E-state index in [1.54, 1.807) is 6.20 Å². The van der Waals surface area contributed by atoms with Gasteiger partial charge in [-0.05, 0) is 43.8 Å². The summed E-state index contributed by atoms with van der Waals surface area (Å²) in [6.07, 6.45) is 4.67. The molecule has 0 spiro atoms. The highest BCUT2D eigenvalue weighted by Crippen LogP contribution is 2.40. The molecule has 1 atom stereocenters. The van der Waals surface area contributed by atoms with Crippen LogP contribution in [0.2, 0.25) is 0 Å². The zero-order valence-corrected chi connectivity index (χ0v) is 19.8. The number of aromatic amines is 2. The van der Waals surface area contributed by atoms with Gasteiger partial charge >= 0.3 is 0 Å². The summed E-state index contributed by atoms with van der Waals surface area (Å²) in [6, 6.07) is 8.28. The summed E-state index contributed by atoms with van der Waals surface area (Å²) in [5, 5.41) is 9.22. The van der Waals surface area contributed by atoms with Crippen LogP contribution in [0.3, 0.4) is 0 Å². The van der Waals surface area contributed by atoms with Crippen LogP contribution in [0.5, 0.6) is 0 Å². The number of nitrogens with two attached hydrogens (primary N) is 1. The van der Waals surface area contributed by atoms with Gasteiger partial charge in [-0.25, -0.2) is 4.98 Å². The highest BCUT2D eigenvalue weighted by Gasteiger charge is 2.32. The highest BCUT2D eigenvalue weighted by molar-refractivity contribution is 5.98. The van der Waals surface area contributed by atoms with Crippen LogP contribution < -0.4 is 5.73 Å². The number of ether oxygens (including phenoxy) is 1. The molecule has 9 nitrogen and oxygen atoms in total. The summed E-state index contributed by atoms with van der Waals surface area (Å²) >= 11 is 0. The standard InChI is InChI=1S/C25H29N7O2/c1-14(2)21-17-11-15(25-32(10-9-31(3)4)20(13-34-25)23(26)33)5-6-19(17)29-22(21)16-7-8-27-24-18(16)12-28-30-24/h5-8,11-14,25,29H,9-10H2,1-4H3,(H2,26,33)(H,27,28,30). The monoisotopic (exact) mass is 459 g/mol. The fraction of sp³-hybridized carbons (Fsp3) is 0.320. The van der Waals surface area contributed by atoms with E-state index >= 15 is 0 Å². The van der Waals surface area contributed by atoms with E-state index in [2.05, 4.69) is 51.0 Å². The van der Waals surface area contributed by atoms with E-state index in [1.165, 1.54) is 11.8 Å². The van der Waals surface area contributed by atoms with Crippen molar-refractivity contribution in [2.75, 3.05) is 27.2 Å². The number of rotatable bonds is 7. The third-order valence-electron chi connectivity index (χ3n) is 6.29. The van der Waals surface area contributed by atoms with Crippen molar-refractivity contribution < 1.29 is 9.53 Å². The summed E-state index contributed by atoms with van der Waals surface area (Å²) in [6.45, 7) is 5.76. The van der Waals surface area contributed by atoms with Crippen LogP contribution in [0.25, 0.3) is 33.2 Å². The minimum absolute atomic E-state index is 0.266. The van der Waals surface area contributed by atoms with Crippen LogP contribution in [0.4, 0.5) is 0 Å². The van der Waals surface area contributed by atoms with Crippen molar-refractivity contribution in [1.82, 2.24) is 30.0 Å². The smallest absolute Gasteiger partial charge is 0.268 e. The number of amides is 1. The Morgan fingerprint density at radius 1 is 1.26 bits per heavy atom. The number of hydrogen-bond acceptors (Lipinski definition) is 6. The van der Waals surface area contributed by atoms with Gasteiger partial charge < -0.3 is 25.3 Å². The van der Waals surface area contributed by atoms with Crippen LogP contribution in [0, 0.1) is 0 Å². The molecule has 4 aromatic rings. The molecule has 9 heteroatoms. The Hall–Kier alpha value is -3.85. The van der Waals surface area contributed by atoms with Gasteiger partial charge in [0.25, 0.3) is 5.91 Å². The Kier molecular flexibility index (Phi) is 5.49. The average Bonchev–Trinajstić information content (AvgIpc) is 3.52. The number of H-pyrrole nitrogens is 2. The van der Waals surface area contributed by atoms with Gasteiger partial charge in [0.1, 0.15) is 12.0 Å². The zero-order valence-electron chi connectivity index (χ0n) is 19.8. The van der Waals surface area contributed by atoms with Gasteiger partial charge in [-0.1, -0.05) is 19.9 Å². The van der Waals surface area contributed by atoms with Gasteiger partial charge in [-0.15, -0.1) is 0 Å². The number of carbonyl (C=O) groups is 1. The lowest BCUT2D eigenvalue weighted by Crippen LogP contribution is -2.36. The van der Waals surface area contributed by atoms with Crippen LogP contribution in [-0.4, -0.2) is 63.1 Å². The van der Waals surface area contributed by atoms with E-state index in [4.69, 9.17) is 10.5 Å². The van der Waals surface area contributed by atoms with Crippen LogP contribution in [-0.2, 0) is 9.53 Å². The minimum Gasteiger partial charge on any atom is -0.471 e. The molecule has 1 aromatic carbocycles. The number of primary amides is 1. The summed E-state index contributed by atoms with van der Waals surface area (Å²) < 4.78 is 5.96. The van der Waals surface area contributed by atoms with Gasteiger partial charge in [0.15, 0.2) is 11.9 Å². The van der Waals surface area contributed by atoms with Crippen molar-refractivity contribution in [2.45, 2.75) is 26.0 Å². The Balaban J connectivity index is 1.60. The van der Waals surface area contributed by atoms with Crippen LogP contribution in [0.15, 0.2) is 48.6 Å². The summed E-state index contributed by atoms with van der Waals surface area (Å²) in [7, 11) is 4.00. The van der Waals surface area contributed by atoms with Crippen molar-refractivity contribution in [3.8, 4) is 11.3 Å². The van der Waals surface area contributed by atoms with E-state index in [-0.39, 0.29) is 5.92 Å². The topological polar surface area (TPSA) is 116 Å². The molecule has 0 saturated heterocycles. The number of pyridine rings is 1. The fourth-order valence-electron chi connectivity index (χ4n) is 4.67. The Morgan fingerprint density at radius 3 is 2.82 bits per heavy atom. The Morgan fingerprint density at radius 2 is 2.09 bits per heavy atom. The fourth-order valence-corrected chi connectivity index (χ4v) is 4.67. The number of nitrogens with one attached hydrogen (secondary N) is 2. The van der Waals surface area contributed by atoms with E-state index in [0.717, 1.165) is 45.3 Å². The minimum atomic E-state index is -0.490. The zero-order chi connectivity index (χ0) is 24.0. The predicted molar refractivity (Wildman–Crippen MR) is 132 cm³/mol. The first kappa shape index (κ1) is 22.0. The quantitative estimate of drug-likeness (QED) is 0.390. The molecule has 3 aromatic heterocycles. The number of likely N-dealkylation sites (N-methyl/N-ethyl adjacent to an activating group) is 1. The lowest BCUT2D eigenvalue weighted by molar-refractivity contribution is -0.116. The summed E-state index contributed by atoms with van der Waals surface area (Å²) in [5.74, 6) is -0.223. The summed E-state index contributed by atoms with van der Waals surface area (Å²) in [5.41, 5.74) is 12.1. The number of benzene rings is 1. The lowest BCUT2D eigenvalue weighted by atomic mass is 9.94. The third-order valence-corrected chi connectivity index (χ3v) is 6.29.